The summed E-state index contributed by atoms with van der Waals surface area (Å²) in [6, 6.07) is 3.65. The molecule has 0 amide bonds. The lowest BCUT2D eigenvalue weighted by atomic mass is 10.1. The Labute approximate surface area is 118 Å². The third kappa shape index (κ3) is 2.29. The summed E-state index contributed by atoms with van der Waals surface area (Å²) in [5, 5.41) is 1.07. The summed E-state index contributed by atoms with van der Waals surface area (Å²) in [5.74, 6) is 0. The van der Waals surface area contributed by atoms with Crippen molar-refractivity contribution in [2.24, 2.45) is 0 Å². The predicted molar refractivity (Wildman–Crippen MR) is 81.5 cm³/mol. The molecule has 3 rings (SSSR count). The molecule has 1 aliphatic heterocycles. The first kappa shape index (κ1) is 13.1. The minimum Gasteiger partial charge on any atom is -0.368 e. The molecule has 1 saturated heterocycles. The second kappa shape index (κ2) is 4.90. The summed E-state index contributed by atoms with van der Waals surface area (Å²) in [6.07, 6.45) is 0. The van der Waals surface area contributed by atoms with Gasteiger partial charge >= 0.3 is 0 Å². The van der Waals surface area contributed by atoms with E-state index < -0.39 is 0 Å². The zero-order chi connectivity index (χ0) is 14.3. The second-order valence-corrected chi connectivity index (χ2v) is 5.58. The minimum absolute atomic E-state index is 0.0450. The molecule has 0 spiro atoms. The molecule has 20 heavy (non-hydrogen) atoms. The lowest BCUT2D eigenvalue weighted by Gasteiger charge is -2.34. The molecule has 5 heteroatoms. The SMILES string of the molecule is Cc1cc2[nH]c(=O)cc(N3CCN(C)CC3)c2c(C)n1. The highest BCUT2D eigenvalue weighted by Crippen LogP contribution is 2.27. The standard InChI is InChI=1S/C15H20N4O/c1-10-8-12-15(11(2)16-10)13(9-14(20)17-12)19-6-4-18(3)5-7-19/h8-9H,4-7H2,1-3H3,(H,17,20). The van der Waals surface area contributed by atoms with E-state index in [9.17, 15) is 4.79 Å². The minimum atomic E-state index is -0.0450. The first-order valence-electron chi connectivity index (χ1n) is 6.99. The van der Waals surface area contributed by atoms with E-state index >= 15 is 0 Å². The van der Waals surface area contributed by atoms with Crippen molar-refractivity contribution >= 4 is 16.6 Å². The molecular weight excluding hydrogens is 252 g/mol. The highest BCUT2D eigenvalue weighted by Gasteiger charge is 2.18. The van der Waals surface area contributed by atoms with E-state index in [1.165, 1.54) is 0 Å². The van der Waals surface area contributed by atoms with E-state index in [2.05, 4.69) is 26.8 Å². The molecule has 0 bridgehead atoms. The Bertz CT molecular complexity index is 699. The molecule has 0 aliphatic carbocycles. The van der Waals surface area contributed by atoms with Crippen molar-refractivity contribution in [1.82, 2.24) is 14.9 Å². The second-order valence-electron chi connectivity index (χ2n) is 5.58. The van der Waals surface area contributed by atoms with Crippen LogP contribution in [0.2, 0.25) is 0 Å². The molecular formula is C15H20N4O. The van der Waals surface area contributed by atoms with Gasteiger partial charge in [0.25, 0.3) is 0 Å². The average Bonchev–Trinajstić information content (AvgIpc) is 2.37. The van der Waals surface area contributed by atoms with Gasteiger partial charge in [-0.2, -0.15) is 0 Å². The summed E-state index contributed by atoms with van der Waals surface area (Å²) in [6.45, 7) is 7.89. The first-order valence-corrected chi connectivity index (χ1v) is 6.99. The number of aryl methyl sites for hydroxylation is 2. The van der Waals surface area contributed by atoms with Crippen LogP contribution < -0.4 is 10.5 Å². The molecule has 106 valence electrons. The van der Waals surface area contributed by atoms with Crippen LogP contribution >= 0.6 is 0 Å². The number of anilines is 1. The number of aromatic nitrogens is 2. The lowest BCUT2D eigenvalue weighted by Crippen LogP contribution is -2.44. The number of H-pyrrole nitrogens is 1. The fourth-order valence-electron chi connectivity index (χ4n) is 2.91. The highest BCUT2D eigenvalue weighted by molar-refractivity contribution is 5.93. The van der Waals surface area contributed by atoms with Crippen LogP contribution in [0.5, 0.6) is 0 Å². The number of nitrogens with zero attached hydrogens (tertiary/aromatic N) is 3. The van der Waals surface area contributed by atoms with Crippen LogP contribution in [0, 0.1) is 13.8 Å². The molecule has 0 saturated carbocycles. The molecule has 2 aromatic heterocycles. The van der Waals surface area contributed by atoms with Crippen molar-refractivity contribution < 1.29 is 0 Å². The molecule has 1 N–H and O–H groups in total. The molecule has 0 radical (unpaired) electrons. The van der Waals surface area contributed by atoms with Crippen LogP contribution in [0.15, 0.2) is 16.9 Å². The van der Waals surface area contributed by atoms with Crippen LogP contribution in [0.1, 0.15) is 11.4 Å². The van der Waals surface area contributed by atoms with Crippen molar-refractivity contribution in [3.63, 3.8) is 0 Å². The maximum absolute atomic E-state index is 11.9. The molecule has 0 atom stereocenters. The number of piperazine rings is 1. The number of nitrogens with one attached hydrogen (secondary N) is 1. The summed E-state index contributed by atoms with van der Waals surface area (Å²) < 4.78 is 0. The van der Waals surface area contributed by atoms with Crippen LogP contribution in [0.3, 0.4) is 0 Å². The predicted octanol–water partition coefficient (Wildman–Crippen LogP) is 1.29. The van der Waals surface area contributed by atoms with Crippen LogP contribution in [-0.2, 0) is 0 Å². The van der Waals surface area contributed by atoms with Gasteiger partial charge in [0, 0.05) is 49.0 Å². The van der Waals surface area contributed by atoms with E-state index in [4.69, 9.17) is 0 Å². The summed E-state index contributed by atoms with van der Waals surface area (Å²) >= 11 is 0. The monoisotopic (exact) mass is 272 g/mol. The van der Waals surface area contributed by atoms with Crippen molar-refractivity contribution in [1.29, 1.82) is 0 Å². The number of hydrogen-bond acceptors (Lipinski definition) is 4. The third-order valence-corrected chi connectivity index (χ3v) is 3.95. The number of hydrogen-bond donors (Lipinski definition) is 1. The summed E-state index contributed by atoms with van der Waals surface area (Å²) in [7, 11) is 2.13. The maximum atomic E-state index is 11.9. The molecule has 2 aromatic rings. The number of likely N-dealkylation sites (N-methyl/N-ethyl adjacent to an activating group) is 1. The van der Waals surface area contributed by atoms with Crippen molar-refractivity contribution in [3.05, 3.63) is 33.9 Å². The highest BCUT2D eigenvalue weighted by atomic mass is 16.1. The van der Waals surface area contributed by atoms with E-state index in [0.717, 1.165) is 54.2 Å². The van der Waals surface area contributed by atoms with Gasteiger partial charge in [-0.3, -0.25) is 9.78 Å². The zero-order valence-electron chi connectivity index (χ0n) is 12.2. The average molecular weight is 272 g/mol. The number of rotatable bonds is 1. The van der Waals surface area contributed by atoms with Gasteiger partial charge in [-0.25, -0.2) is 0 Å². The van der Waals surface area contributed by atoms with Gasteiger partial charge in [-0.15, -0.1) is 0 Å². The van der Waals surface area contributed by atoms with Crippen LogP contribution in [0.25, 0.3) is 10.9 Å². The lowest BCUT2D eigenvalue weighted by molar-refractivity contribution is 0.313. The molecule has 0 aromatic carbocycles. The molecule has 3 heterocycles. The van der Waals surface area contributed by atoms with Gasteiger partial charge in [0.15, 0.2) is 0 Å². The van der Waals surface area contributed by atoms with Crippen molar-refractivity contribution in [2.45, 2.75) is 13.8 Å². The van der Waals surface area contributed by atoms with Gasteiger partial charge in [0.05, 0.1) is 11.2 Å². The van der Waals surface area contributed by atoms with Gasteiger partial charge < -0.3 is 14.8 Å². The Morgan fingerprint density at radius 3 is 2.55 bits per heavy atom. The van der Waals surface area contributed by atoms with Crippen molar-refractivity contribution in [3.8, 4) is 0 Å². The Kier molecular flexibility index (Phi) is 3.22. The quantitative estimate of drug-likeness (QED) is 0.850. The Hall–Kier alpha value is -1.88. The van der Waals surface area contributed by atoms with Gasteiger partial charge in [-0.1, -0.05) is 0 Å². The normalized spacial score (nSPS) is 16.9. The van der Waals surface area contributed by atoms with Gasteiger partial charge in [0.2, 0.25) is 5.56 Å². The third-order valence-electron chi connectivity index (χ3n) is 3.95. The number of fused-ring (bicyclic) bond motifs is 1. The number of aromatic amines is 1. The summed E-state index contributed by atoms with van der Waals surface area (Å²) in [4.78, 5) is 24.0. The fraction of sp³-hybridized carbons (Fsp3) is 0.467. The van der Waals surface area contributed by atoms with E-state index in [0.29, 0.717) is 0 Å². The largest absolute Gasteiger partial charge is 0.368 e. The Morgan fingerprint density at radius 2 is 1.85 bits per heavy atom. The summed E-state index contributed by atoms with van der Waals surface area (Å²) in [5.41, 5.74) is 3.76. The molecule has 1 fully saturated rings. The van der Waals surface area contributed by atoms with Crippen LogP contribution in [-0.4, -0.2) is 48.1 Å². The van der Waals surface area contributed by atoms with E-state index in [1.807, 2.05) is 19.9 Å². The maximum Gasteiger partial charge on any atom is 0.250 e. The van der Waals surface area contributed by atoms with Gasteiger partial charge in [-0.05, 0) is 27.0 Å². The Balaban J connectivity index is 2.17. The first-order chi connectivity index (χ1) is 9.54. The smallest absolute Gasteiger partial charge is 0.250 e. The fourth-order valence-corrected chi connectivity index (χ4v) is 2.91. The Morgan fingerprint density at radius 1 is 1.15 bits per heavy atom. The van der Waals surface area contributed by atoms with Crippen molar-refractivity contribution in [2.75, 3.05) is 38.1 Å². The molecule has 5 nitrogen and oxygen atoms in total. The van der Waals surface area contributed by atoms with Crippen LogP contribution in [0.4, 0.5) is 5.69 Å². The van der Waals surface area contributed by atoms with Gasteiger partial charge in [0.1, 0.15) is 0 Å². The van der Waals surface area contributed by atoms with E-state index in [-0.39, 0.29) is 5.56 Å². The molecule has 1 aliphatic rings. The van der Waals surface area contributed by atoms with E-state index in [1.54, 1.807) is 6.07 Å². The number of pyridine rings is 2. The molecule has 0 unspecified atom stereocenters. The topological polar surface area (TPSA) is 52.2 Å². The zero-order valence-corrected chi connectivity index (χ0v) is 12.2.